The molecular formula is C16H16ClNO4. The summed E-state index contributed by atoms with van der Waals surface area (Å²) < 4.78 is 16.3. The normalized spacial score (nSPS) is 13.5. The van der Waals surface area contributed by atoms with E-state index in [2.05, 4.69) is 5.32 Å². The van der Waals surface area contributed by atoms with Crippen LogP contribution in [0, 0.1) is 6.92 Å². The number of halogens is 1. The highest BCUT2D eigenvalue weighted by molar-refractivity contribution is 6.32. The number of amides is 1. The topological polar surface area (TPSA) is 60.7 Å². The molecule has 1 aromatic carbocycles. The average molecular weight is 322 g/mol. The van der Waals surface area contributed by atoms with Gasteiger partial charge in [-0.25, -0.2) is 0 Å². The molecule has 0 saturated carbocycles. The highest BCUT2D eigenvalue weighted by Crippen LogP contribution is 2.37. The van der Waals surface area contributed by atoms with Gasteiger partial charge in [0.1, 0.15) is 5.76 Å². The first-order chi connectivity index (χ1) is 10.6. The smallest absolute Gasteiger partial charge is 0.255 e. The summed E-state index contributed by atoms with van der Waals surface area (Å²) in [4.78, 5) is 12.1. The highest BCUT2D eigenvalue weighted by Gasteiger charge is 2.16. The minimum Gasteiger partial charge on any atom is -0.489 e. The maximum atomic E-state index is 12.1. The predicted molar refractivity (Wildman–Crippen MR) is 81.7 cm³/mol. The van der Waals surface area contributed by atoms with Gasteiger partial charge in [0.2, 0.25) is 0 Å². The molecule has 22 heavy (non-hydrogen) atoms. The van der Waals surface area contributed by atoms with Gasteiger partial charge in [0.05, 0.1) is 30.1 Å². The number of aryl methyl sites for hydroxylation is 1. The van der Waals surface area contributed by atoms with E-state index in [0.29, 0.717) is 47.6 Å². The van der Waals surface area contributed by atoms with Gasteiger partial charge in [0, 0.05) is 13.0 Å². The lowest BCUT2D eigenvalue weighted by molar-refractivity contribution is 0.0949. The third-order valence-electron chi connectivity index (χ3n) is 3.42. The molecule has 0 aliphatic carbocycles. The van der Waals surface area contributed by atoms with Gasteiger partial charge >= 0.3 is 0 Å². The summed E-state index contributed by atoms with van der Waals surface area (Å²) in [5.74, 6) is 1.59. The molecule has 0 bridgehead atoms. The molecule has 2 heterocycles. The lowest BCUT2D eigenvalue weighted by atomic mass is 10.2. The Balaban J connectivity index is 1.73. The maximum Gasteiger partial charge on any atom is 0.255 e. The number of nitrogens with one attached hydrogen (secondary N) is 1. The molecule has 0 saturated heterocycles. The van der Waals surface area contributed by atoms with Crippen LogP contribution in [0.25, 0.3) is 0 Å². The standard InChI is InChI=1S/C16H16ClNO4/c1-10-12(3-6-20-10)16(19)18-9-11-7-13(17)15-14(8-11)21-4-2-5-22-15/h3,6-8H,2,4-5,9H2,1H3,(H,18,19). The fourth-order valence-corrected chi connectivity index (χ4v) is 2.57. The molecule has 116 valence electrons. The second-order valence-corrected chi connectivity index (χ2v) is 5.44. The Morgan fingerprint density at radius 1 is 1.32 bits per heavy atom. The number of fused-ring (bicyclic) bond motifs is 1. The zero-order valence-corrected chi connectivity index (χ0v) is 12.9. The van der Waals surface area contributed by atoms with Gasteiger partial charge in [-0.3, -0.25) is 4.79 Å². The molecule has 1 aliphatic rings. The van der Waals surface area contributed by atoms with Crippen molar-refractivity contribution in [2.75, 3.05) is 13.2 Å². The molecule has 0 unspecified atom stereocenters. The molecule has 5 nitrogen and oxygen atoms in total. The van der Waals surface area contributed by atoms with Gasteiger partial charge < -0.3 is 19.2 Å². The SMILES string of the molecule is Cc1occc1C(=O)NCc1cc(Cl)c2c(c1)OCCCO2. The molecule has 1 amide bonds. The van der Waals surface area contributed by atoms with Gasteiger partial charge in [-0.2, -0.15) is 0 Å². The predicted octanol–water partition coefficient (Wildman–Crippen LogP) is 3.33. The summed E-state index contributed by atoms with van der Waals surface area (Å²) in [5.41, 5.74) is 1.38. The number of hydrogen-bond donors (Lipinski definition) is 1. The zero-order chi connectivity index (χ0) is 15.5. The fourth-order valence-electron chi connectivity index (χ4n) is 2.28. The Kier molecular flexibility index (Phi) is 4.24. The molecule has 6 heteroatoms. The quantitative estimate of drug-likeness (QED) is 0.942. The largest absolute Gasteiger partial charge is 0.489 e. The number of furan rings is 1. The van der Waals surface area contributed by atoms with E-state index in [0.717, 1.165) is 12.0 Å². The summed E-state index contributed by atoms with van der Waals surface area (Å²) in [6.45, 7) is 3.27. The number of carbonyl (C=O) groups is 1. The van der Waals surface area contributed by atoms with E-state index >= 15 is 0 Å². The number of carbonyl (C=O) groups excluding carboxylic acids is 1. The van der Waals surface area contributed by atoms with Crippen LogP contribution in [-0.2, 0) is 6.54 Å². The second-order valence-electron chi connectivity index (χ2n) is 5.03. The first-order valence-electron chi connectivity index (χ1n) is 7.05. The van der Waals surface area contributed by atoms with E-state index in [-0.39, 0.29) is 5.91 Å². The number of hydrogen-bond acceptors (Lipinski definition) is 4. The molecule has 2 aromatic rings. The number of rotatable bonds is 3. The molecule has 0 radical (unpaired) electrons. The van der Waals surface area contributed by atoms with Gasteiger partial charge in [-0.15, -0.1) is 0 Å². The van der Waals surface area contributed by atoms with Crippen molar-refractivity contribution in [2.24, 2.45) is 0 Å². The summed E-state index contributed by atoms with van der Waals surface area (Å²) in [6, 6.07) is 5.26. The van der Waals surface area contributed by atoms with Crippen LogP contribution >= 0.6 is 11.6 Å². The van der Waals surface area contributed by atoms with Crippen LogP contribution in [0.1, 0.15) is 28.1 Å². The van der Waals surface area contributed by atoms with Crippen LogP contribution in [0.3, 0.4) is 0 Å². The van der Waals surface area contributed by atoms with E-state index in [1.165, 1.54) is 6.26 Å². The first kappa shape index (κ1) is 14.8. The van der Waals surface area contributed by atoms with Crippen LogP contribution in [0.5, 0.6) is 11.5 Å². The lowest BCUT2D eigenvalue weighted by Gasteiger charge is -2.12. The molecule has 1 N–H and O–H groups in total. The summed E-state index contributed by atoms with van der Waals surface area (Å²) in [6.07, 6.45) is 2.31. The first-order valence-corrected chi connectivity index (χ1v) is 7.43. The monoisotopic (exact) mass is 321 g/mol. The Bertz CT molecular complexity index is 695. The maximum absolute atomic E-state index is 12.1. The summed E-state index contributed by atoms with van der Waals surface area (Å²) in [7, 11) is 0. The zero-order valence-electron chi connectivity index (χ0n) is 12.1. The van der Waals surface area contributed by atoms with Crippen molar-refractivity contribution < 1.29 is 18.7 Å². The van der Waals surface area contributed by atoms with E-state index < -0.39 is 0 Å². The molecule has 1 aromatic heterocycles. The summed E-state index contributed by atoms with van der Waals surface area (Å²) in [5, 5.41) is 3.33. The Hall–Kier alpha value is -2.14. The van der Waals surface area contributed by atoms with Gasteiger partial charge in [0.25, 0.3) is 5.91 Å². The van der Waals surface area contributed by atoms with Crippen molar-refractivity contribution in [3.8, 4) is 11.5 Å². The number of ether oxygens (including phenoxy) is 2. The van der Waals surface area contributed by atoms with Crippen LogP contribution in [0.15, 0.2) is 28.9 Å². The third kappa shape index (κ3) is 3.04. The molecule has 0 spiro atoms. The fraction of sp³-hybridized carbons (Fsp3) is 0.312. The van der Waals surface area contributed by atoms with E-state index in [1.54, 1.807) is 19.1 Å². The Morgan fingerprint density at radius 2 is 2.14 bits per heavy atom. The van der Waals surface area contributed by atoms with Crippen molar-refractivity contribution in [2.45, 2.75) is 19.9 Å². The van der Waals surface area contributed by atoms with E-state index in [4.69, 9.17) is 25.5 Å². The van der Waals surface area contributed by atoms with Gasteiger partial charge in [0.15, 0.2) is 11.5 Å². The molecule has 0 fully saturated rings. The Labute approximate surface area is 133 Å². The van der Waals surface area contributed by atoms with E-state index in [9.17, 15) is 4.79 Å². The second kappa shape index (κ2) is 6.32. The summed E-state index contributed by atoms with van der Waals surface area (Å²) >= 11 is 6.23. The van der Waals surface area contributed by atoms with E-state index in [1.807, 2.05) is 6.07 Å². The van der Waals surface area contributed by atoms with Crippen molar-refractivity contribution >= 4 is 17.5 Å². The van der Waals surface area contributed by atoms with Crippen molar-refractivity contribution in [3.05, 3.63) is 46.4 Å². The van der Waals surface area contributed by atoms with Crippen LogP contribution < -0.4 is 14.8 Å². The van der Waals surface area contributed by atoms with Crippen LogP contribution in [0.2, 0.25) is 5.02 Å². The molecule has 0 atom stereocenters. The molecule has 3 rings (SSSR count). The van der Waals surface area contributed by atoms with Crippen molar-refractivity contribution in [1.82, 2.24) is 5.32 Å². The average Bonchev–Trinajstić information content (AvgIpc) is 2.78. The third-order valence-corrected chi connectivity index (χ3v) is 3.70. The van der Waals surface area contributed by atoms with Gasteiger partial charge in [-0.05, 0) is 30.7 Å². The number of benzene rings is 1. The van der Waals surface area contributed by atoms with Crippen LogP contribution in [0.4, 0.5) is 0 Å². The molecule has 1 aliphatic heterocycles. The van der Waals surface area contributed by atoms with Gasteiger partial charge in [-0.1, -0.05) is 11.6 Å². The lowest BCUT2D eigenvalue weighted by Crippen LogP contribution is -2.23. The van der Waals surface area contributed by atoms with Crippen molar-refractivity contribution in [1.29, 1.82) is 0 Å². The minimum atomic E-state index is -0.186. The Morgan fingerprint density at radius 3 is 2.91 bits per heavy atom. The van der Waals surface area contributed by atoms with Crippen LogP contribution in [-0.4, -0.2) is 19.1 Å². The highest BCUT2D eigenvalue weighted by atomic mass is 35.5. The van der Waals surface area contributed by atoms with Crippen molar-refractivity contribution in [3.63, 3.8) is 0 Å². The minimum absolute atomic E-state index is 0.186. The molecular weight excluding hydrogens is 306 g/mol.